The first kappa shape index (κ1) is 13.5. The predicted molar refractivity (Wildman–Crippen MR) is 73.7 cm³/mol. The van der Waals surface area contributed by atoms with Crippen molar-refractivity contribution in [3.63, 3.8) is 0 Å². The van der Waals surface area contributed by atoms with Crippen LogP contribution >= 0.6 is 23.3 Å². The summed E-state index contributed by atoms with van der Waals surface area (Å²) >= 11 is 2.10. The Kier molecular flexibility index (Phi) is 3.47. The molecule has 2 saturated heterocycles. The third-order valence-corrected chi connectivity index (χ3v) is 5.10. The zero-order valence-corrected chi connectivity index (χ0v) is 12.4. The van der Waals surface area contributed by atoms with Crippen molar-refractivity contribution in [3.8, 4) is 0 Å². The largest absolute Gasteiger partial charge is 0.336 e. The highest BCUT2D eigenvalue weighted by molar-refractivity contribution is 8.14. The van der Waals surface area contributed by atoms with Crippen molar-refractivity contribution in [2.45, 2.75) is 19.4 Å². The zero-order valence-electron chi connectivity index (χ0n) is 10.7. The molecule has 0 spiro atoms. The van der Waals surface area contributed by atoms with Crippen molar-refractivity contribution in [3.05, 3.63) is 10.6 Å². The molecule has 0 aliphatic carbocycles. The highest BCUT2D eigenvalue weighted by Crippen LogP contribution is 2.27. The van der Waals surface area contributed by atoms with E-state index in [2.05, 4.69) is 9.59 Å². The van der Waals surface area contributed by atoms with Crippen LogP contribution in [0.1, 0.15) is 21.8 Å². The molecule has 0 aromatic carbocycles. The number of imide groups is 1. The minimum atomic E-state index is -0.204. The van der Waals surface area contributed by atoms with Gasteiger partial charge in [0.1, 0.15) is 4.88 Å². The Bertz CT molecular complexity index is 572. The molecule has 1 aromatic rings. The number of likely N-dealkylation sites (tertiary alicyclic amines) is 1. The standard InChI is InChI=1S/C11H12N4O3S2/c1-6-9(20-13-12-6)10(17)14-3-2-7(4-14)15-8(16)5-19-11(15)18/h7H,2-5H2,1H3. The second-order valence-electron chi connectivity index (χ2n) is 4.70. The van der Waals surface area contributed by atoms with Gasteiger partial charge in [0.2, 0.25) is 5.91 Å². The molecule has 1 unspecified atom stereocenters. The molecule has 2 aliphatic heterocycles. The van der Waals surface area contributed by atoms with E-state index in [-0.39, 0.29) is 28.8 Å². The van der Waals surface area contributed by atoms with E-state index in [4.69, 9.17) is 0 Å². The van der Waals surface area contributed by atoms with E-state index < -0.39 is 0 Å². The number of thioether (sulfide) groups is 1. The summed E-state index contributed by atoms with van der Waals surface area (Å²) in [5, 5.41) is 3.62. The Morgan fingerprint density at radius 1 is 1.40 bits per heavy atom. The normalized spacial score (nSPS) is 22.9. The molecule has 9 heteroatoms. The number of nitrogens with zero attached hydrogens (tertiary/aromatic N) is 4. The lowest BCUT2D eigenvalue weighted by atomic mass is 10.2. The van der Waals surface area contributed by atoms with Gasteiger partial charge >= 0.3 is 0 Å². The van der Waals surface area contributed by atoms with Gasteiger partial charge in [-0.2, -0.15) is 0 Å². The van der Waals surface area contributed by atoms with E-state index >= 15 is 0 Å². The Morgan fingerprint density at radius 2 is 2.20 bits per heavy atom. The number of hydrogen-bond acceptors (Lipinski definition) is 7. The average molecular weight is 312 g/mol. The zero-order chi connectivity index (χ0) is 14.3. The molecule has 0 N–H and O–H groups in total. The summed E-state index contributed by atoms with van der Waals surface area (Å²) in [4.78, 5) is 39.2. The molecule has 1 atom stereocenters. The number of hydrogen-bond donors (Lipinski definition) is 0. The van der Waals surface area contributed by atoms with Crippen molar-refractivity contribution in [1.82, 2.24) is 19.4 Å². The van der Waals surface area contributed by atoms with Crippen molar-refractivity contribution >= 4 is 40.3 Å². The third-order valence-electron chi connectivity index (χ3n) is 3.45. The fourth-order valence-electron chi connectivity index (χ4n) is 2.43. The Labute approximate surface area is 123 Å². The lowest BCUT2D eigenvalue weighted by Gasteiger charge is -2.21. The fourth-order valence-corrected chi connectivity index (χ4v) is 3.83. The van der Waals surface area contributed by atoms with Crippen LogP contribution in [0.5, 0.6) is 0 Å². The highest BCUT2D eigenvalue weighted by atomic mass is 32.2. The molecule has 7 nitrogen and oxygen atoms in total. The molecule has 20 heavy (non-hydrogen) atoms. The van der Waals surface area contributed by atoms with Crippen LogP contribution in [0.15, 0.2) is 0 Å². The quantitative estimate of drug-likeness (QED) is 0.801. The second-order valence-corrected chi connectivity index (χ2v) is 6.38. The van der Waals surface area contributed by atoms with Crippen LogP contribution in [0.25, 0.3) is 0 Å². The molecule has 3 rings (SSSR count). The van der Waals surface area contributed by atoms with Crippen molar-refractivity contribution < 1.29 is 14.4 Å². The van der Waals surface area contributed by atoms with Gasteiger partial charge in [0.05, 0.1) is 17.5 Å². The van der Waals surface area contributed by atoms with Gasteiger partial charge in [0.15, 0.2) is 0 Å². The Morgan fingerprint density at radius 3 is 2.80 bits per heavy atom. The maximum Gasteiger partial charge on any atom is 0.289 e. The van der Waals surface area contributed by atoms with Crippen LogP contribution < -0.4 is 0 Å². The molecule has 0 radical (unpaired) electrons. The van der Waals surface area contributed by atoms with Gasteiger partial charge in [-0.25, -0.2) is 0 Å². The molecule has 3 amide bonds. The summed E-state index contributed by atoms with van der Waals surface area (Å²) in [5.41, 5.74) is 0.618. The summed E-state index contributed by atoms with van der Waals surface area (Å²) in [7, 11) is 0. The molecule has 1 aromatic heterocycles. The second kappa shape index (κ2) is 5.13. The fraction of sp³-hybridized carbons (Fsp3) is 0.545. The smallest absolute Gasteiger partial charge is 0.289 e. The number of carbonyl (C=O) groups excluding carboxylic acids is 3. The van der Waals surface area contributed by atoms with Crippen LogP contribution in [-0.4, -0.2) is 61.3 Å². The predicted octanol–water partition coefficient (Wildman–Crippen LogP) is 0.756. The monoisotopic (exact) mass is 312 g/mol. The Hall–Kier alpha value is -1.48. The number of carbonyl (C=O) groups is 3. The molecule has 2 fully saturated rings. The maximum absolute atomic E-state index is 12.3. The van der Waals surface area contributed by atoms with Gasteiger partial charge in [-0.1, -0.05) is 16.3 Å². The molecular formula is C11H12N4O3S2. The van der Waals surface area contributed by atoms with Gasteiger partial charge in [-0.3, -0.25) is 19.3 Å². The number of aromatic nitrogens is 2. The van der Waals surface area contributed by atoms with Crippen LogP contribution in [0.3, 0.4) is 0 Å². The SMILES string of the molecule is Cc1nnsc1C(=O)N1CCC(N2C(=O)CSC2=O)C1. The number of amides is 3. The lowest BCUT2D eigenvalue weighted by Crippen LogP contribution is -2.41. The van der Waals surface area contributed by atoms with Crippen molar-refractivity contribution in [1.29, 1.82) is 0 Å². The Balaban J connectivity index is 1.71. The molecule has 2 aliphatic rings. The van der Waals surface area contributed by atoms with Crippen LogP contribution in [0, 0.1) is 6.92 Å². The number of rotatable bonds is 2. The van der Waals surface area contributed by atoms with E-state index in [1.807, 2.05) is 0 Å². The first-order chi connectivity index (χ1) is 9.58. The van der Waals surface area contributed by atoms with E-state index in [0.29, 0.717) is 30.1 Å². The van der Waals surface area contributed by atoms with Crippen molar-refractivity contribution in [2.24, 2.45) is 0 Å². The van der Waals surface area contributed by atoms with Crippen molar-refractivity contribution in [2.75, 3.05) is 18.8 Å². The van der Waals surface area contributed by atoms with Crippen LogP contribution in [-0.2, 0) is 4.79 Å². The number of aryl methyl sites for hydroxylation is 1. The summed E-state index contributed by atoms with van der Waals surface area (Å²) in [6.45, 7) is 2.69. The van der Waals surface area contributed by atoms with Gasteiger partial charge in [0, 0.05) is 13.1 Å². The van der Waals surface area contributed by atoms with E-state index in [1.54, 1.807) is 11.8 Å². The molecule has 3 heterocycles. The summed E-state index contributed by atoms with van der Waals surface area (Å²) in [6, 6.07) is -0.199. The first-order valence-electron chi connectivity index (χ1n) is 6.15. The summed E-state index contributed by atoms with van der Waals surface area (Å²) < 4.78 is 3.76. The first-order valence-corrected chi connectivity index (χ1v) is 7.91. The third kappa shape index (κ3) is 2.20. The lowest BCUT2D eigenvalue weighted by molar-refractivity contribution is -0.126. The minimum Gasteiger partial charge on any atom is -0.336 e. The molecule has 0 saturated carbocycles. The molecular weight excluding hydrogens is 300 g/mol. The maximum atomic E-state index is 12.3. The van der Waals surface area contributed by atoms with E-state index in [9.17, 15) is 14.4 Å². The topological polar surface area (TPSA) is 83.5 Å². The molecule has 106 valence electrons. The van der Waals surface area contributed by atoms with Crippen LogP contribution in [0.2, 0.25) is 0 Å². The summed E-state index contributed by atoms with van der Waals surface area (Å²) in [6.07, 6.45) is 0.634. The summed E-state index contributed by atoms with van der Waals surface area (Å²) in [5.74, 6) is -0.0667. The minimum absolute atomic E-state index is 0.119. The van der Waals surface area contributed by atoms with Gasteiger partial charge in [0.25, 0.3) is 11.1 Å². The van der Waals surface area contributed by atoms with Gasteiger partial charge < -0.3 is 4.90 Å². The van der Waals surface area contributed by atoms with Crippen LogP contribution in [0.4, 0.5) is 4.79 Å². The van der Waals surface area contributed by atoms with E-state index in [1.165, 1.54) is 4.90 Å². The van der Waals surface area contributed by atoms with Gasteiger partial charge in [-0.05, 0) is 24.9 Å². The van der Waals surface area contributed by atoms with Gasteiger partial charge in [-0.15, -0.1) is 5.10 Å². The molecule has 0 bridgehead atoms. The highest BCUT2D eigenvalue weighted by Gasteiger charge is 2.40. The average Bonchev–Trinajstić information content (AvgIpc) is 3.10. The van der Waals surface area contributed by atoms with E-state index in [0.717, 1.165) is 23.3 Å².